The Balaban J connectivity index is 1.86. The van der Waals surface area contributed by atoms with Gasteiger partial charge >= 0.3 is 12.0 Å². The molecule has 2 amide bonds. The standard InChI is InChI=1S/C12H13ClN2O5/c13-7-4-9-10(20-6-19-9)5-8(7)15-12(18)14-3-1-2-11(16)17/h4-5H,1-3,6H2,(H,16,17)(H2,14,15,18). The van der Waals surface area contributed by atoms with Crippen molar-refractivity contribution in [3.63, 3.8) is 0 Å². The van der Waals surface area contributed by atoms with E-state index in [1.807, 2.05) is 0 Å². The van der Waals surface area contributed by atoms with Crippen molar-refractivity contribution in [1.82, 2.24) is 5.32 Å². The molecule has 0 spiro atoms. The number of carboxylic acid groups (broad SMARTS) is 1. The Morgan fingerprint density at radius 3 is 2.70 bits per heavy atom. The first-order valence-electron chi connectivity index (χ1n) is 5.92. The first kappa shape index (κ1) is 14.3. The van der Waals surface area contributed by atoms with E-state index in [-0.39, 0.29) is 19.8 Å². The molecule has 0 bridgehead atoms. The van der Waals surface area contributed by atoms with Gasteiger partial charge in [-0.05, 0) is 6.42 Å². The Kier molecular flexibility index (Phi) is 4.52. The van der Waals surface area contributed by atoms with Crippen LogP contribution in [0.4, 0.5) is 10.5 Å². The number of amides is 2. The number of anilines is 1. The molecule has 0 saturated carbocycles. The number of carboxylic acids is 1. The molecule has 1 aromatic carbocycles. The fourth-order valence-electron chi connectivity index (χ4n) is 1.62. The number of carbonyl (C=O) groups excluding carboxylic acids is 1. The van der Waals surface area contributed by atoms with Crippen molar-refractivity contribution in [2.24, 2.45) is 0 Å². The first-order valence-corrected chi connectivity index (χ1v) is 6.30. The maximum Gasteiger partial charge on any atom is 0.319 e. The van der Waals surface area contributed by atoms with Crippen molar-refractivity contribution in [3.8, 4) is 11.5 Å². The number of nitrogens with one attached hydrogen (secondary N) is 2. The van der Waals surface area contributed by atoms with Gasteiger partial charge in [0.25, 0.3) is 0 Å². The van der Waals surface area contributed by atoms with Crippen LogP contribution in [0.1, 0.15) is 12.8 Å². The van der Waals surface area contributed by atoms with Crippen LogP contribution >= 0.6 is 11.6 Å². The third kappa shape index (κ3) is 3.67. The van der Waals surface area contributed by atoms with Crippen molar-refractivity contribution in [2.45, 2.75) is 12.8 Å². The maximum atomic E-state index is 11.6. The summed E-state index contributed by atoms with van der Waals surface area (Å²) in [7, 11) is 0. The zero-order valence-corrected chi connectivity index (χ0v) is 11.2. The summed E-state index contributed by atoms with van der Waals surface area (Å²) in [6.07, 6.45) is 0.364. The summed E-state index contributed by atoms with van der Waals surface area (Å²) in [6, 6.07) is 2.67. The van der Waals surface area contributed by atoms with Gasteiger partial charge in [-0.15, -0.1) is 0 Å². The third-order valence-corrected chi connectivity index (χ3v) is 2.88. The molecular formula is C12H13ClN2O5. The highest BCUT2D eigenvalue weighted by atomic mass is 35.5. The monoisotopic (exact) mass is 300 g/mol. The predicted octanol–water partition coefficient (Wildman–Crippen LogP) is 2.05. The fourth-order valence-corrected chi connectivity index (χ4v) is 1.82. The number of fused-ring (bicyclic) bond motifs is 1. The van der Waals surface area contributed by atoms with E-state index in [1.165, 1.54) is 0 Å². The van der Waals surface area contributed by atoms with Gasteiger partial charge in [-0.25, -0.2) is 4.79 Å². The van der Waals surface area contributed by atoms with Crippen LogP contribution in [-0.4, -0.2) is 30.4 Å². The number of hydrogen-bond donors (Lipinski definition) is 3. The molecule has 0 aliphatic carbocycles. The van der Waals surface area contributed by atoms with Crippen LogP contribution < -0.4 is 20.1 Å². The van der Waals surface area contributed by atoms with Gasteiger partial charge in [-0.1, -0.05) is 11.6 Å². The average Bonchev–Trinajstić information content (AvgIpc) is 2.82. The Hall–Kier alpha value is -2.15. The second kappa shape index (κ2) is 6.33. The topological polar surface area (TPSA) is 96.9 Å². The third-order valence-electron chi connectivity index (χ3n) is 2.56. The molecule has 108 valence electrons. The van der Waals surface area contributed by atoms with Crippen LogP contribution in [0.15, 0.2) is 12.1 Å². The normalized spacial score (nSPS) is 12.1. The average molecular weight is 301 g/mol. The SMILES string of the molecule is O=C(O)CCCNC(=O)Nc1cc2c(cc1Cl)OCO2. The summed E-state index contributed by atoms with van der Waals surface area (Å²) in [4.78, 5) is 21.9. The Morgan fingerprint density at radius 2 is 2.00 bits per heavy atom. The van der Waals surface area contributed by atoms with Crippen LogP contribution in [0, 0.1) is 0 Å². The summed E-state index contributed by atoms with van der Waals surface area (Å²) in [5.41, 5.74) is 0.395. The summed E-state index contributed by atoms with van der Waals surface area (Å²) in [5.74, 6) is 0.143. The van der Waals surface area contributed by atoms with Gasteiger partial charge in [-0.2, -0.15) is 0 Å². The lowest BCUT2D eigenvalue weighted by atomic mass is 10.3. The number of benzene rings is 1. The van der Waals surface area contributed by atoms with Crippen molar-refractivity contribution in [1.29, 1.82) is 0 Å². The van der Waals surface area contributed by atoms with Gasteiger partial charge in [0.05, 0.1) is 10.7 Å². The Bertz CT molecular complexity index is 535. The van der Waals surface area contributed by atoms with Gasteiger partial charge in [0, 0.05) is 25.1 Å². The van der Waals surface area contributed by atoms with Gasteiger partial charge < -0.3 is 25.2 Å². The van der Waals surface area contributed by atoms with Crippen molar-refractivity contribution < 1.29 is 24.2 Å². The Labute approximate surface area is 119 Å². The number of halogens is 1. The maximum absolute atomic E-state index is 11.6. The molecule has 0 atom stereocenters. The summed E-state index contributed by atoms with van der Waals surface area (Å²) in [6.45, 7) is 0.386. The van der Waals surface area contributed by atoms with E-state index in [1.54, 1.807) is 12.1 Å². The molecule has 8 heteroatoms. The lowest BCUT2D eigenvalue weighted by Gasteiger charge is -2.09. The molecule has 0 unspecified atom stereocenters. The van der Waals surface area contributed by atoms with Crippen molar-refractivity contribution in [2.75, 3.05) is 18.7 Å². The number of carbonyl (C=O) groups is 2. The zero-order valence-electron chi connectivity index (χ0n) is 10.4. The molecule has 1 aromatic rings. The molecule has 2 rings (SSSR count). The van der Waals surface area contributed by atoms with Crippen LogP contribution in [0.5, 0.6) is 11.5 Å². The number of urea groups is 1. The minimum Gasteiger partial charge on any atom is -0.481 e. The molecule has 1 heterocycles. The molecule has 0 radical (unpaired) electrons. The molecule has 1 aliphatic heterocycles. The van der Waals surface area contributed by atoms with Crippen LogP contribution in [-0.2, 0) is 4.79 Å². The molecule has 0 aromatic heterocycles. The predicted molar refractivity (Wildman–Crippen MR) is 71.5 cm³/mol. The highest BCUT2D eigenvalue weighted by molar-refractivity contribution is 6.34. The lowest BCUT2D eigenvalue weighted by molar-refractivity contribution is -0.137. The van der Waals surface area contributed by atoms with Gasteiger partial charge in [0.2, 0.25) is 6.79 Å². The summed E-state index contributed by atoms with van der Waals surface area (Å²) < 4.78 is 10.3. The van der Waals surface area contributed by atoms with Crippen LogP contribution in [0.2, 0.25) is 5.02 Å². The lowest BCUT2D eigenvalue weighted by Crippen LogP contribution is -2.29. The molecule has 0 saturated heterocycles. The molecule has 1 aliphatic rings. The highest BCUT2D eigenvalue weighted by Crippen LogP contribution is 2.39. The van der Waals surface area contributed by atoms with Gasteiger partial charge in [0.15, 0.2) is 11.5 Å². The molecule has 3 N–H and O–H groups in total. The van der Waals surface area contributed by atoms with Gasteiger partial charge in [0.1, 0.15) is 0 Å². The van der Waals surface area contributed by atoms with E-state index in [2.05, 4.69) is 10.6 Å². The first-order chi connectivity index (χ1) is 9.56. The van der Waals surface area contributed by atoms with E-state index in [4.69, 9.17) is 26.2 Å². The summed E-state index contributed by atoms with van der Waals surface area (Å²) >= 11 is 6.00. The Morgan fingerprint density at radius 1 is 1.30 bits per heavy atom. The van der Waals surface area contributed by atoms with E-state index < -0.39 is 12.0 Å². The quantitative estimate of drug-likeness (QED) is 0.723. The summed E-state index contributed by atoms with van der Waals surface area (Å²) in [5, 5.41) is 13.9. The molecule has 7 nitrogen and oxygen atoms in total. The minimum absolute atomic E-state index is 0.00502. The largest absolute Gasteiger partial charge is 0.481 e. The van der Waals surface area contributed by atoms with E-state index in [9.17, 15) is 9.59 Å². The second-order valence-electron chi connectivity index (χ2n) is 4.06. The number of rotatable bonds is 5. The second-order valence-corrected chi connectivity index (χ2v) is 4.47. The van der Waals surface area contributed by atoms with E-state index in [0.29, 0.717) is 28.6 Å². The molecule has 20 heavy (non-hydrogen) atoms. The van der Waals surface area contributed by atoms with Crippen molar-refractivity contribution >= 4 is 29.3 Å². The zero-order chi connectivity index (χ0) is 14.5. The van der Waals surface area contributed by atoms with Gasteiger partial charge in [-0.3, -0.25) is 4.79 Å². The van der Waals surface area contributed by atoms with Crippen LogP contribution in [0.3, 0.4) is 0 Å². The molecule has 0 fully saturated rings. The fraction of sp³-hybridized carbons (Fsp3) is 0.333. The van der Waals surface area contributed by atoms with E-state index >= 15 is 0 Å². The van der Waals surface area contributed by atoms with E-state index in [0.717, 1.165) is 0 Å². The number of ether oxygens (including phenoxy) is 2. The molecular weight excluding hydrogens is 288 g/mol. The smallest absolute Gasteiger partial charge is 0.319 e. The number of aliphatic carboxylic acids is 1. The number of hydrogen-bond acceptors (Lipinski definition) is 4. The highest BCUT2D eigenvalue weighted by Gasteiger charge is 2.17. The minimum atomic E-state index is -0.897. The van der Waals surface area contributed by atoms with Crippen LogP contribution in [0.25, 0.3) is 0 Å². The van der Waals surface area contributed by atoms with Crippen molar-refractivity contribution in [3.05, 3.63) is 17.2 Å².